The minimum absolute atomic E-state index is 0.231. The van der Waals surface area contributed by atoms with Gasteiger partial charge in [0.15, 0.2) is 0 Å². The molecular formula is C14H16N2OS2. The second kappa shape index (κ2) is 6.01. The Morgan fingerprint density at radius 3 is 3.00 bits per heavy atom. The van der Waals surface area contributed by atoms with E-state index >= 15 is 0 Å². The van der Waals surface area contributed by atoms with Gasteiger partial charge in [0.2, 0.25) is 5.91 Å². The van der Waals surface area contributed by atoms with Gasteiger partial charge < -0.3 is 4.90 Å². The van der Waals surface area contributed by atoms with Crippen LogP contribution in [0.1, 0.15) is 11.1 Å². The molecule has 0 unspecified atom stereocenters. The van der Waals surface area contributed by atoms with Crippen LogP contribution in [-0.4, -0.2) is 39.8 Å². The standard InChI is InChI=1S/C14H16N2OS2/c17-13(10-19-14-15-6-8-18-14)16-7-5-11-3-1-2-4-12(11)9-16/h1-4H,5-10H2. The molecule has 1 aromatic carbocycles. The molecular weight excluding hydrogens is 276 g/mol. The third-order valence-electron chi connectivity index (χ3n) is 3.36. The maximum atomic E-state index is 12.2. The van der Waals surface area contributed by atoms with E-state index in [2.05, 4.69) is 23.2 Å². The van der Waals surface area contributed by atoms with Gasteiger partial charge >= 0.3 is 0 Å². The van der Waals surface area contributed by atoms with Gasteiger partial charge in [0.1, 0.15) is 4.38 Å². The summed E-state index contributed by atoms with van der Waals surface area (Å²) in [5.41, 5.74) is 2.68. The zero-order valence-corrected chi connectivity index (χ0v) is 12.3. The van der Waals surface area contributed by atoms with Gasteiger partial charge in [-0.3, -0.25) is 9.79 Å². The van der Waals surface area contributed by atoms with E-state index in [0.717, 1.165) is 36.2 Å². The number of amides is 1. The van der Waals surface area contributed by atoms with Crippen molar-refractivity contribution in [3.63, 3.8) is 0 Å². The van der Waals surface area contributed by atoms with Crippen molar-refractivity contribution in [2.45, 2.75) is 13.0 Å². The SMILES string of the molecule is O=C(CSC1=NCCS1)N1CCc2ccccc2C1. The van der Waals surface area contributed by atoms with Gasteiger partial charge in [-0.2, -0.15) is 0 Å². The van der Waals surface area contributed by atoms with E-state index < -0.39 is 0 Å². The Labute approximate surface area is 121 Å². The molecule has 0 spiro atoms. The predicted molar refractivity (Wildman–Crippen MR) is 82.8 cm³/mol. The number of benzene rings is 1. The van der Waals surface area contributed by atoms with Gasteiger partial charge in [0.25, 0.3) is 0 Å². The molecule has 0 radical (unpaired) electrons. The molecule has 0 atom stereocenters. The van der Waals surface area contributed by atoms with Gasteiger partial charge in [-0.15, -0.1) is 0 Å². The number of fused-ring (bicyclic) bond motifs is 1. The fourth-order valence-electron chi connectivity index (χ4n) is 2.33. The normalized spacial score (nSPS) is 18.1. The lowest BCUT2D eigenvalue weighted by Crippen LogP contribution is -2.37. The summed E-state index contributed by atoms with van der Waals surface area (Å²) in [6.07, 6.45) is 0.974. The highest BCUT2D eigenvalue weighted by Crippen LogP contribution is 2.24. The number of carbonyl (C=O) groups excluding carboxylic acids is 1. The van der Waals surface area contributed by atoms with E-state index in [9.17, 15) is 4.79 Å². The number of carbonyl (C=O) groups is 1. The lowest BCUT2D eigenvalue weighted by atomic mass is 10.00. The highest BCUT2D eigenvalue weighted by Gasteiger charge is 2.21. The molecule has 2 aliphatic rings. The summed E-state index contributed by atoms with van der Waals surface area (Å²) in [4.78, 5) is 18.5. The Morgan fingerprint density at radius 2 is 2.21 bits per heavy atom. The van der Waals surface area contributed by atoms with E-state index in [1.807, 2.05) is 11.0 Å². The van der Waals surface area contributed by atoms with Crippen LogP contribution >= 0.6 is 23.5 Å². The lowest BCUT2D eigenvalue weighted by molar-refractivity contribution is -0.129. The zero-order chi connectivity index (χ0) is 13.1. The van der Waals surface area contributed by atoms with Gasteiger partial charge in [-0.25, -0.2) is 0 Å². The summed E-state index contributed by atoms with van der Waals surface area (Å²) in [7, 11) is 0. The fraction of sp³-hybridized carbons (Fsp3) is 0.429. The van der Waals surface area contributed by atoms with Crippen molar-refractivity contribution in [3.8, 4) is 0 Å². The second-order valence-corrected chi connectivity index (χ2v) is 6.92. The maximum Gasteiger partial charge on any atom is 0.233 e. The molecule has 2 heterocycles. The maximum absolute atomic E-state index is 12.2. The minimum atomic E-state index is 0.231. The van der Waals surface area contributed by atoms with Crippen LogP contribution in [0, 0.1) is 0 Å². The number of hydrogen-bond acceptors (Lipinski definition) is 4. The van der Waals surface area contributed by atoms with Gasteiger partial charge in [0.05, 0.1) is 12.3 Å². The molecule has 5 heteroatoms. The van der Waals surface area contributed by atoms with E-state index in [0.29, 0.717) is 5.75 Å². The van der Waals surface area contributed by atoms with Crippen LogP contribution < -0.4 is 0 Å². The Bertz CT molecular complexity index is 516. The summed E-state index contributed by atoms with van der Waals surface area (Å²) in [6, 6.07) is 8.40. The van der Waals surface area contributed by atoms with Crippen molar-refractivity contribution in [3.05, 3.63) is 35.4 Å². The number of rotatable bonds is 2. The lowest BCUT2D eigenvalue weighted by Gasteiger charge is -2.28. The first-order valence-electron chi connectivity index (χ1n) is 6.47. The average molecular weight is 292 g/mol. The highest BCUT2D eigenvalue weighted by atomic mass is 32.2. The van der Waals surface area contributed by atoms with Crippen LogP contribution in [0.3, 0.4) is 0 Å². The van der Waals surface area contributed by atoms with E-state index in [1.54, 1.807) is 23.5 Å². The van der Waals surface area contributed by atoms with Crippen LogP contribution in [0.4, 0.5) is 0 Å². The summed E-state index contributed by atoms with van der Waals surface area (Å²) in [6.45, 7) is 2.50. The van der Waals surface area contributed by atoms with Crippen LogP contribution in [-0.2, 0) is 17.8 Å². The van der Waals surface area contributed by atoms with Gasteiger partial charge in [-0.05, 0) is 17.5 Å². The molecule has 0 N–H and O–H groups in total. The molecule has 3 nitrogen and oxygen atoms in total. The first-order valence-corrected chi connectivity index (χ1v) is 8.44. The first kappa shape index (κ1) is 13.1. The van der Waals surface area contributed by atoms with Gasteiger partial charge in [-0.1, -0.05) is 47.8 Å². The number of thioether (sulfide) groups is 2. The molecule has 0 aromatic heterocycles. The van der Waals surface area contributed by atoms with Gasteiger partial charge in [0, 0.05) is 18.8 Å². The predicted octanol–water partition coefficient (Wildman–Crippen LogP) is 2.41. The molecule has 0 bridgehead atoms. The van der Waals surface area contributed by atoms with Crippen molar-refractivity contribution in [2.75, 3.05) is 24.6 Å². The summed E-state index contributed by atoms with van der Waals surface area (Å²) in [5.74, 6) is 1.82. The Hall–Kier alpha value is -0.940. The largest absolute Gasteiger partial charge is 0.337 e. The quantitative estimate of drug-likeness (QED) is 0.839. The van der Waals surface area contributed by atoms with Crippen LogP contribution in [0.2, 0.25) is 0 Å². The van der Waals surface area contributed by atoms with Crippen molar-refractivity contribution in [1.82, 2.24) is 4.90 Å². The Kier molecular flexibility index (Phi) is 4.13. The summed E-state index contributed by atoms with van der Waals surface area (Å²) < 4.78 is 1.07. The molecule has 1 aromatic rings. The second-order valence-electron chi connectivity index (χ2n) is 4.62. The topological polar surface area (TPSA) is 32.7 Å². The fourth-order valence-corrected chi connectivity index (χ4v) is 4.24. The molecule has 1 amide bonds. The third kappa shape index (κ3) is 3.15. The average Bonchev–Trinajstić information content (AvgIpc) is 2.97. The Morgan fingerprint density at radius 1 is 1.37 bits per heavy atom. The van der Waals surface area contributed by atoms with E-state index in [1.165, 1.54) is 11.1 Å². The minimum Gasteiger partial charge on any atom is -0.337 e. The molecule has 0 saturated carbocycles. The number of nitrogens with zero attached hydrogens (tertiary/aromatic N) is 2. The smallest absolute Gasteiger partial charge is 0.233 e. The van der Waals surface area contributed by atoms with Crippen LogP contribution in [0.15, 0.2) is 29.3 Å². The molecule has 0 aliphatic carbocycles. The Balaban J connectivity index is 1.57. The first-order chi connectivity index (χ1) is 9.33. The summed E-state index contributed by atoms with van der Waals surface area (Å²) in [5, 5.41) is 0. The van der Waals surface area contributed by atoms with Crippen molar-refractivity contribution in [2.24, 2.45) is 4.99 Å². The zero-order valence-electron chi connectivity index (χ0n) is 10.7. The molecule has 19 heavy (non-hydrogen) atoms. The molecule has 0 fully saturated rings. The van der Waals surface area contributed by atoms with Crippen molar-refractivity contribution < 1.29 is 4.79 Å². The van der Waals surface area contributed by atoms with Crippen molar-refractivity contribution >= 4 is 33.8 Å². The van der Waals surface area contributed by atoms with Crippen LogP contribution in [0.25, 0.3) is 0 Å². The third-order valence-corrected chi connectivity index (χ3v) is 5.60. The monoisotopic (exact) mass is 292 g/mol. The number of hydrogen-bond donors (Lipinski definition) is 0. The number of aliphatic imine (C=N–C) groups is 1. The molecule has 0 saturated heterocycles. The van der Waals surface area contributed by atoms with Crippen LogP contribution in [0.5, 0.6) is 0 Å². The highest BCUT2D eigenvalue weighted by molar-refractivity contribution is 8.39. The van der Waals surface area contributed by atoms with E-state index in [-0.39, 0.29) is 5.91 Å². The molecule has 3 rings (SSSR count). The molecule has 2 aliphatic heterocycles. The van der Waals surface area contributed by atoms with E-state index in [4.69, 9.17) is 0 Å². The van der Waals surface area contributed by atoms with Crippen molar-refractivity contribution in [1.29, 1.82) is 0 Å². The summed E-state index contributed by atoms with van der Waals surface area (Å²) >= 11 is 3.35. The molecule has 100 valence electrons.